The number of alkyl halides is 3. The Labute approximate surface area is 94.2 Å². The van der Waals surface area contributed by atoms with Crippen molar-refractivity contribution in [2.45, 2.75) is 45.2 Å². The van der Waals surface area contributed by atoms with Gasteiger partial charge in [0.25, 0.3) is 0 Å². The van der Waals surface area contributed by atoms with Crippen LogP contribution in [0, 0.1) is 5.92 Å². The number of hydrogen-bond acceptors (Lipinski definition) is 2. The second-order valence-corrected chi connectivity index (χ2v) is 4.77. The summed E-state index contributed by atoms with van der Waals surface area (Å²) in [5.74, 6) is 0.648. The summed E-state index contributed by atoms with van der Waals surface area (Å²) in [5.41, 5.74) is -4.10. The van der Waals surface area contributed by atoms with Gasteiger partial charge in [0, 0.05) is 18.3 Å². The molecule has 1 N–H and O–H groups in total. The predicted molar refractivity (Wildman–Crippen MR) is 60.0 cm³/mol. The summed E-state index contributed by atoms with van der Waals surface area (Å²) in [6.07, 6.45) is 2.13. The minimum absolute atomic E-state index is 0.0400. The smallest absolute Gasteiger partial charge is 0.313 e. The number of hydrogen-bond donors (Lipinski definition) is 1. The zero-order chi connectivity index (χ0) is 11.9. The maximum atomic E-state index is 11.8. The Hall–Kier alpha value is 0.100. The zero-order valence-corrected chi connectivity index (χ0v) is 10.3. The van der Waals surface area contributed by atoms with Crippen LogP contribution in [0.4, 0.5) is 13.2 Å². The molecule has 0 aliphatic carbocycles. The molecule has 0 saturated heterocycles. The van der Waals surface area contributed by atoms with Gasteiger partial charge in [-0.05, 0) is 24.6 Å². The summed E-state index contributed by atoms with van der Waals surface area (Å²) in [6.45, 7) is 6.67. The van der Waals surface area contributed by atoms with Crippen molar-refractivity contribution in [1.82, 2.24) is 5.32 Å². The molecule has 0 aromatic heterocycles. The Morgan fingerprint density at radius 1 is 1.20 bits per heavy atom. The van der Waals surface area contributed by atoms with E-state index in [4.69, 9.17) is 0 Å². The van der Waals surface area contributed by atoms with E-state index in [2.05, 4.69) is 19.2 Å². The van der Waals surface area contributed by atoms with Crippen molar-refractivity contribution in [3.63, 3.8) is 0 Å². The lowest BCUT2D eigenvalue weighted by atomic mass is 9.96. The van der Waals surface area contributed by atoms with Crippen molar-refractivity contribution in [2.24, 2.45) is 5.92 Å². The highest BCUT2D eigenvalue weighted by Crippen LogP contribution is 2.29. The highest BCUT2D eigenvalue weighted by Gasteiger charge is 2.27. The maximum absolute atomic E-state index is 11.8. The maximum Gasteiger partial charge on any atom is 0.441 e. The molecule has 1 nitrogen and oxygen atoms in total. The third-order valence-corrected chi connectivity index (χ3v) is 3.33. The average molecular weight is 243 g/mol. The van der Waals surface area contributed by atoms with E-state index in [0.29, 0.717) is 18.5 Å². The quantitative estimate of drug-likeness (QED) is 0.685. The SMILES string of the molecule is CCC(CC)C(C)NCCSC(F)(F)F. The van der Waals surface area contributed by atoms with E-state index >= 15 is 0 Å². The summed E-state index contributed by atoms with van der Waals surface area (Å²) in [4.78, 5) is 0. The molecule has 5 heteroatoms. The van der Waals surface area contributed by atoms with Crippen LogP contribution in [-0.4, -0.2) is 23.8 Å². The molecule has 92 valence electrons. The molecule has 0 spiro atoms. The summed E-state index contributed by atoms with van der Waals surface area (Å²) < 4.78 is 35.4. The molecule has 0 fully saturated rings. The summed E-state index contributed by atoms with van der Waals surface area (Å²) in [7, 11) is 0. The molecule has 0 saturated carbocycles. The lowest BCUT2D eigenvalue weighted by Gasteiger charge is -2.22. The van der Waals surface area contributed by atoms with Gasteiger partial charge in [0.05, 0.1) is 0 Å². The molecule has 0 aliphatic heterocycles. The molecule has 0 aromatic rings. The fraction of sp³-hybridized carbons (Fsp3) is 1.00. The molecular formula is C10H20F3NS. The van der Waals surface area contributed by atoms with E-state index in [0.717, 1.165) is 12.8 Å². The van der Waals surface area contributed by atoms with Crippen molar-refractivity contribution in [3.8, 4) is 0 Å². The van der Waals surface area contributed by atoms with Crippen LogP contribution in [0.25, 0.3) is 0 Å². The van der Waals surface area contributed by atoms with Crippen LogP contribution in [0.3, 0.4) is 0 Å². The van der Waals surface area contributed by atoms with E-state index in [9.17, 15) is 13.2 Å². The molecule has 0 aromatic carbocycles. The minimum Gasteiger partial charge on any atom is -0.313 e. The van der Waals surface area contributed by atoms with E-state index in [1.165, 1.54) is 0 Å². The zero-order valence-electron chi connectivity index (χ0n) is 9.53. The third kappa shape index (κ3) is 7.96. The predicted octanol–water partition coefficient (Wildman–Crippen LogP) is 3.65. The fourth-order valence-electron chi connectivity index (χ4n) is 1.62. The topological polar surface area (TPSA) is 12.0 Å². The van der Waals surface area contributed by atoms with Crippen LogP contribution >= 0.6 is 11.8 Å². The number of thioether (sulfide) groups is 1. The van der Waals surface area contributed by atoms with Gasteiger partial charge in [-0.3, -0.25) is 0 Å². The van der Waals surface area contributed by atoms with Crippen LogP contribution in [0.2, 0.25) is 0 Å². The van der Waals surface area contributed by atoms with Crippen LogP contribution in [0.5, 0.6) is 0 Å². The Morgan fingerprint density at radius 2 is 1.73 bits per heavy atom. The standard InChI is InChI=1S/C10H20F3NS/c1-4-9(5-2)8(3)14-6-7-15-10(11,12)13/h8-9,14H,4-7H2,1-3H3. The van der Waals surface area contributed by atoms with Crippen LogP contribution in [-0.2, 0) is 0 Å². The van der Waals surface area contributed by atoms with Crippen molar-refractivity contribution in [1.29, 1.82) is 0 Å². The molecule has 0 amide bonds. The third-order valence-electron chi connectivity index (χ3n) is 2.59. The Bertz CT molecular complexity index is 157. The Balaban J connectivity index is 3.58. The molecular weight excluding hydrogens is 223 g/mol. The average Bonchev–Trinajstić information content (AvgIpc) is 2.13. The van der Waals surface area contributed by atoms with Gasteiger partial charge >= 0.3 is 5.51 Å². The van der Waals surface area contributed by atoms with Gasteiger partial charge in [0.2, 0.25) is 0 Å². The second kappa shape index (κ2) is 7.39. The van der Waals surface area contributed by atoms with Gasteiger partial charge < -0.3 is 5.32 Å². The number of nitrogens with one attached hydrogen (secondary N) is 1. The van der Waals surface area contributed by atoms with Gasteiger partial charge in [-0.2, -0.15) is 13.2 Å². The van der Waals surface area contributed by atoms with Crippen LogP contribution < -0.4 is 5.32 Å². The van der Waals surface area contributed by atoms with Crippen LogP contribution in [0.15, 0.2) is 0 Å². The van der Waals surface area contributed by atoms with Crippen molar-refractivity contribution in [2.75, 3.05) is 12.3 Å². The molecule has 15 heavy (non-hydrogen) atoms. The van der Waals surface area contributed by atoms with Gasteiger partial charge in [0.15, 0.2) is 0 Å². The first-order valence-electron chi connectivity index (χ1n) is 5.34. The van der Waals surface area contributed by atoms with E-state index < -0.39 is 5.51 Å². The monoisotopic (exact) mass is 243 g/mol. The van der Waals surface area contributed by atoms with E-state index in [1.807, 2.05) is 6.92 Å². The molecule has 1 unspecified atom stereocenters. The highest BCUT2D eigenvalue weighted by atomic mass is 32.2. The van der Waals surface area contributed by atoms with E-state index in [1.54, 1.807) is 0 Å². The van der Waals surface area contributed by atoms with Crippen molar-refractivity contribution in [3.05, 3.63) is 0 Å². The highest BCUT2D eigenvalue weighted by molar-refractivity contribution is 8.00. The first-order valence-corrected chi connectivity index (χ1v) is 6.33. The Kier molecular flexibility index (Phi) is 7.44. The lowest BCUT2D eigenvalue weighted by molar-refractivity contribution is -0.0327. The summed E-state index contributed by atoms with van der Waals surface area (Å²) in [5, 5.41) is 3.14. The van der Waals surface area contributed by atoms with Gasteiger partial charge in [-0.25, -0.2) is 0 Å². The van der Waals surface area contributed by atoms with Gasteiger partial charge in [-0.15, -0.1) is 0 Å². The van der Waals surface area contributed by atoms with E-state index in [-0.39, 0.29) is 17.5 Å². The van der Waals surface area contributed by atoms with Gasteiger partial charge in [-0.1, -0.05) is 26.7 Å². The minimum atomic E-state index is -4.10. The molecule has 0 radical (unpaired) electrons. The number of rotatable bonds is 7. The first kappa shape index (κ1) is 15.1. The lowest BCUT2D eigenvalue weighted by Crippen LogP contribution is -2.34. The second-order valence-electron chi connectivity index (χ2n) is 3.61. The normalized spacial score (nSPS) is 14.6. The molecule has 0 heterocycles. The van der Waals surface area contributed by atoms with Gasteiger partial charge in [0.1, 0.15) is 0 Å². The summed E-state index contributed by atoms with van der Waals surface area (Å²) >= 11 is 0.0400. The van der Waals surface area contributed by atoms with Crippen LogP contribution in [0.1, 0.15) is 33.6 Å². The van der Waals surface area contributed by atoms with Crippen molar-refractivity contribution >= 4 is 11.8 Å². The molecule has 0 bridgehead atoms. The molecule has 1 atom stereocenters. The fourth-order valence-corrected chi connectivity index (χ4v) is 2.07. The largest absolute Gasteiger partial charge is 0.441 e. The Morgan fingerprint density at radius 3 is 2.13 bits per heavy atom. The molecule has 0 aliphatic rings. The first-order chi connectivity index (χ1) is 6.90. The molecule has 0 rings (SSSR count). The summed E-state index contributed by atoms with van der Waals surface area (Å²) in [6, 6.07) is 0.300. The number of halogens is 3. The van der Waals surface area contributed by atoms with Crippen molar-refractivity contribution < 1.29 is 13.2 Å².